The Hall–Kier alpha value is -3.48. The highest BCUT2D eigenvalue weighted by Gasteiger charge is 2.27. The largest absolute Gasteiger partial charge is 0.361 e. The molecule has 158 valence electrons. The molecule has 4 aromatic rings. The molecular formula is C24H23FN4O2. The highest BCUT2D eigenvalue weighted by atomic mass is 19.1. The van der Waals surface area contributed by atoms with Gasteiger partial charge < -0.3 is 14.4 Å². The van der Waals surface area contributed by atoms with E-state index in [0.29, 0.717) is 42.6 Å². The molecule has 2 aromatic carbocycles. The van der Waals surface area contributed by atoms with E-state index in [0.717, 1.165) is 24.9 Å². The lowest BCUT2D eigenvalue weighted by molar-refractivity contribution is -0.130. The number of aryl methyl sites for hydroxylation is 1. The molecule has 31 heavy (non-hydrogen) atoms. The molecule has 0 spiro atoms. The van der Waals surface area contributed by atoms with Gasteiger partial charge in [-0.05, 0) is 54.7 Å². The minimum atomic E-state index is -0.302. The number of hydrogen-bond donors (Lipinski definition) is 1. The lowest BCUT2D eigenvalue weighted by Gasteiger charge is -2.16. The predicted octanol–water partition coefficient (Wildman–Crippen LogP) is 4.38. The molecule has 7 heteroatoms. The first-order valence-electron chi connectivity index (χ1n) is 10.6. The van der Waals surface area contributed by atoms with Gasteiger partial charge >= 0.3 is 0 Å². The highest BCUT2D eigenvalue weighted by molar-refractivity contribution is 5.84. The lowest BCUT2D eigenvalue weighted by atomic mass is 10.0. The number of nitrogens with one attached hydrogen (secondary N) is 1. The number of carbonyl (C=O) groups excluding carboxylic acids is 1. The summed E-state index contributed by atoms with van der Waals surface area (Å²) in [7, 11) is 0. The van der Waals surface area contributed by atoms with Crippen molar-refractivity contribution in [1.82, 2.24) is 20.0 Å². The van der Waals surface area contributed by atoms with Crippen molar-refractivity contribution >= 4 is 16.8 Å². The molecule has 1 fully saturated rings. The molecule has 1 atom stereocenters. The average Bonchev–Trinajstić information content (AvgIpc) is 3.53. The van der Waals surface area contributed by atoms with Crippen molar-refractivity contribution in [1.29, 1.82) is 0 Å². The van der Waals surface area contributed by atoms with Crippen LogP contribution in [-0.2, 0) is 17.6 Å². The topological polar surface area (TPSA) is 75.0 Å². The Morgan fingerprint density at radius 2 is 2.03 bits per heavy atom. The number of hydrogen-bond acceptors (Lipinski definition) is 4. The van der Waals surface area contributed by atoms with Crippen LogP contribution in [0.5, 0.6) is 0 Å². The maximum atomic E-state index is 13.1. The van der Waals surface area contributed by atoms with Gasteiger partial charge in [0.25, 0.3) is 5.89 Å². The minimum Gasteiger partial charge on any atom is -0.361 e. The van der Waals surface area contributed by atoms with Gasteiger partial charge in [0.15, 0.2) is 5.82 Å². The molecule has 2 aromatic heterocycles. The number of fused-ring (bicyclic) bond motifs is 1. The van der Waals surface area contributed by atoms with Crippen molar-refractivity contribution in [2.75, 3.05) is 13.1 Å². The van der Waals surface area contributed by atoms with Crippen molar-refractivity contribution in [3.8, 4) is 11.5 Å². The lowest BCUT2D eigenvalue weighted by Crippen LogP contribution is -2.29. The first-order chi connectivity index (χ1) is 15.2. The van der Waals surface area contributed by atoms with Crippen LogP contribution in [0.3, 0.4) is 0 Å². The molecule has 1 saturated heterocycles. The van der Waals surface area contributed by atoms with Gasteiger partial charge in [0, 0.05) is 48.6 Å². The summed E-state index contributed by atoms with van der Waals surface area (Å²) in [5.74, 6) is 1.21. The number of aromatic amines is 1. The number of aromatic nitrogens is 3. The van der Waals surface area contributed by atoms with Crippen molar-refractivity contribution in [3.05, 3.63) is 71.9 Å². The second-order valence-electron chi connectivity index (χ2n) is 8.08. The third kappa shape index (κ3) is 4.21. The summed E-state index contributed by atoms with van der Waals surface area (Å²) in [4.78, 5) is 22.4. The van der Waals surface area contributed by atoms with E-state index < -0.39 is 0 Å². The second kappa shape index (κ2) is 8.34. The van der Waals surface area contributed by atoms with Crippen LogP contribution in [-0.4, -0.2) is 39.0 Å². The van der Waals surface area contributed by atoms with E-state index in [1.165, 1.54) is 23.1 Å². The number of likely N-dealkylation sites (tertiary alicyclic amines) is 1. The number of halogens is 1. The van der Waals surface area contributed by atoms with Gasteiger partial charge in [-0.2, -0.15) is 4.98 Å². The first kappa shape index (κ1) is 19.5. The van der Waals surface area contributed by atoms with Crippen LogP contribution in [0.4, 0.5) is 4.39 Å². The van der Waals surface area contributed by atoms with Crippen molar-refractivity contribution < 1.29 is 13.7 Å². The summed E-state index contributed by atoms with van der Waals surface area (Å²) in [5.41, 5.74) is 2.98. The average molecular weight is 418 g/mol. The molecular weight excluding hydrogens is 395 g/mol. The Morgan fingerprint density at radius 1 is 1.19 bits per heavy atom. The van der Waals surface area contributed by atoms with Gasteiger partial charge in [0.1, 0.15) is 5.82 Å². The molecule has 6 nitrogen and oxygen atoms in total. The van der Waals surface area contributed by atoms with E-state index in [9.17, 15) is 9.18 Å². The Morgan fingerprint density at radius 3 is 2.90 bits per heavy atom. The van der Waals surface area contributed by atoms with E-state index in [1.807, 2.05) is 29.3 Å². The fraction of sp³-hybridized carbons (Fsp3) is 0.292. The SMILES string of the molecule is O=C(CCc1c[nH]c2ccccc12)N1CCC(Cc2noc(-c3ccc(F)cc3)n2)C1. The molecule has 1 unspecified atom stereocenters. The van der Waals surface area contributed by atoms with Crippen LogP contribution < -0.4 is 0 Å². The standard InChI is InChI=1S/C24H23FN4O2/c25-19-8-5-17(6-9-19)24-27-22(28-31-24)13-16-11-12-29(15-16)23(30)10-7-18-14-26-21-4-2-1-3-20(18)21/h1-6,8-9,14,16,26H,7,10-13,15H2. The van der Waals surface area contributed by atoms with E-state index in [4.69, 9.17) is 4.52 Å². The second-order valence-corrected chi connectivity index (χ2v) is 8.08. The number of para-hydroxylation sites is 1. The highest BCUT2D eigenvalue weighted by Crippen LogP contribution is 2.24. The van der Waals surface area contributed by atoms with Crippen LogP contribution in [0.2, 0.25) is 0 Å². The minimum absolute atomic E-state index is 0.188. The molecule has 0 saturated carbocycles. The van der Waals surface area contributed by atoms with Gasteiger partial charge in [-0.25, -0.2) is 4.39 Å². The van der Waals surface area contributed by atoms with Crippen molar-refractivity contribution in [2.45, 2.75) is 25.7 Å². The Kier molecular flexibility index (Phi) is 5.24. The van der Waals surface area contributed by atoms with Crippen molar-refractivity contribution in [2.24, 2.45) is 5.92 Å². The summed E-state index contributed by atoms with van der Waals surface area (Å²) in [6, 6.07) is 14.1. The maximum absolute atomic E-state index is 13.1. The monoisotopic (exact) mass is 418 g/mol. The van der Waals surface area contributed by atoms with E-state index >= 15 is 0 Å². The molecule has 1 N–H and O–H groups in total. The molecule has 0 aliphatic carbocycles. The fourth-order valence-electron chi connectivity index (χ4n) is 4.27. The zero-order chi connectivity index (χ0) is 21.2. The first-order valence-corrected chi connectivity index (χ1v) is 10.6. The van der Waals surface area contributed by atoms with Gasteiger partial charge in [-0.15, -0.1) is 0 Å². The summed E-state index contributed by atoms with van der Waals surface area (Å²) >= 11 is 0. The molecule has 0 radical (unpaired) electrons. The zero-order valence-electron chi connectivity index (χ0n) is 17.1. The van der Waals surface area contributed by atoms with Crippen LogP contribution in [0.1, 0.15) is 24.2 Å². The van der Waals surface area contributed by atoms with Crippen LogP contribution >= 0.6 is 0 Å². The van der Waals surface area contributed by atoms with Crippen LogP contribution in [0, 0.1) is 11.7 Å². The third-order valence-electron chi connectivity index (χ3n) is 5.95. The van der Waals surface area contributed by atoms with Crippen LogP contribution in [0.25, 0.3) is 22.4 Å². The summed E-state index contributed by atoms with van der Waals surface area (Å²) in [5, 5.41) is 5.24. The normalized spacial score (nSPS) is 16.3. The Balaban J connectivity index is 1.15. The molecule has 1 aliphatic rings. The third-order valence-corrected chi connectivity index (χ3v) is 5.95. The zero-order valence-corrected chi connectivity index (χ0v) is 17.1. The van der Waals surface area contributed by atoms with Gasteiger partial charge in [-0.1, -0.05) is 23.4 Å². The van der Waals surface area contributed by atoms with Crippen LogP contribution in [0.15, 0.2) is 59.3 Å². The predicted molar refractivity (Wildman–Crippen MR) is 115 cm³/mol. The molecule has 5 rings (SSSR count). The number of H-pyrrole nitrogens is 1. The number of carbonyl (C=O) groups is 1. The Bertz CT molecular complexity index is 1200. The number of nitrogens with zero attached hydrogens (tertiary/aromatic N) is 3. The van der Waals surface area contributed by atoms with E-state index in [2.05, 4.69) is 21.2 Å². The number of benzene rings is 2. The van der Waals surface area contributed by atoms with Gasteiger partial charge in [0.2, 0.25) is 5.91 Å². The molecule has 1 aliphatic heterocycles. The fourth-order valence-corrected chi connectivity index (χ4v) is 4.27. The van der Waals surface area contributed by atoms with E-state index in [1.54, 1.807) is 12.1 Å². The van der Waals surface area contributed by atoms with Gasteiger partial charge in [-0.3, -0.25) is 4.79 Å². The van der Waals surface area contributed by atoms with Crippen molar-refractivity contribution in [3.63, 3.8) is 0 Å². The molecule has 1 amide bonds. The smallest absolute Gasteiger partial charge is 0.257 e. The summed E-state index contributed by atoms with van der Waals surface area (Å²) < 4.78 is 18.4. The quantitative estimate of drug-likeness (QED) is 0.504. The summed E-state index contributed by atoms with van der Waals surface area (Å²) in [6.45, 7) is 1.48. The maximum Gasteiger partial charge on any atom is 0.257 e. The van der Waals surface area contributed by atoms with Gasteiger partial charge in [0.05, 0.1) is 0 Å². The Labute approximate surface area is 179 Å². The summed E-state index contributed by atoms with van der Waals surface area (Å²) in [6.07, 6.45) is 4.83. The van der Waals surface area contributed by atoms with E-state index in [-0.39, 0.29) is 11.7 Å². The molecule has 0 bridgehead atoms. The number of rotatable bonds is 6. The number of amides is 1. The molecule has 3 heterocycles.